The van der Waals surface area contributed by atoms with Gasteiger partial charge in [-0.2, -0.15) is 0 Å². The molecule has 0 radical (unpaired) electrons. The number of carbonyl (C=O) groups excluding carboxylic acids is 1. The summed E-state index contributed by atoms with van der Waals surface area (Å²) in [5, 5.41) is 0. The van der Waals surface area contributed by atoms with E-state index in [-0.39, 0.29) is 5.97 Å². The first kappa shape index (κ1) is 11.5. The van der Waals surface area contributed by atoms with E-state index >= 15 is 0 Å². The van der Waals surface area contributed by atoms with Crippen LogP contribution in [0.1, 0.15) is 19.8 Å². The molecule has 1 rings (SSSR count). The van der Waals surface area contributed by atoms with Crippen LogP contribution in [0.25, 0.3) is 0 Å². The lowest BCUT2D eigenvalue weighted by Gasteiger charge is -2.31. The van der Waals surface area contributed by atoms with E-state index in [1.165, 1.54) is 20.0 Å². The number of hydrogen-bond donors (Lipinski definition) is 1. The number of nitrogens with zero attached hydrogens (tertiary/aromatic N) is 1. The summed E-state index contributed by atoms with van der Waals surface area (Å²) in [6.45, 7) is 4.98. The summed E-state index contributed by atoms with van der Waals surface area (Å²) < 4.78 is 4.58. The van der Waals surface area contributed by atoms with Crippen molar-refractivity contribution in [3.8, 4) is 0 Å². The Hall–Kier alpha value is -0.610. The van der Waals surface area contributed by atoms with Gasteiger partial charge in [0.15, 0.2) is 0 Å². The number of esters is 1. The normalized spacial score (nSPS) is 21.9. The van der Waals surface area contributed by atoms with E-state index < -0.39 is 6.04 Å². The van der Waals surface area contributed by atoms with Gasteiger partial charge in [-0.3, -0.25) is 4.79 Å². The van der Waals surface area contributed by atoms with Gasteiger partial charge in [-0.05, 0) is 31.8 Å². The Morgan fingerprint density at radius 2 is 2.14 bits per heavy atom. The molecule has 4 heteroatoms. The molecular weight excluding hydrogens is 180 g/mol. The number of carbonyl (C=O) groups is 1. The number of nitrogens with two attached hydrogens (primary N) is 1. The molecule has 82 valence electrons. The van der Waals surface area contributed by atoms with Crippen LogP contribution in [0.4, 0.5) is 0 Å². The van der Waals surface area contributed by atoms with Gasteiger partial charge in [-0.25, -0.2) is 0 Å². The van der Waals surface area contributed by atoms with Crippen LogP contribution in [0.5, 0.6) is 0 Å². The molecule has 0 aromatic carbocycles. The van der Waals surface area contributed by atoms with Crippen LogP contribution in [0, 0.1) is 5.92 Å². The van der Waals surface area contributed by atoms with Crippen LogP contribution in [0.3, 0.4) is 0 Å². The Balaban J connectivity index is 2.27. The van der Waals surface area contributed by atoms with Gasteiger partial charge in [0.1, 0.15) is 6.04 Å². The third kappa shape index (κ3) is 3.27. The van der Waals surface area contributed by atoms with Crippen molar-refractivity contribution in [3.05, 3.63) is 0 Å². The molecule has 1 heterocycles. The number of ether oxygens (including phenoxy) is 1. The summed E-state index contributed by atoms with van der Waals surface area (Å²) in [4.78, 5) is 13.3. The van der Waals surface area contributed by atoms with Crippen molar-refractivity contribution in [3.63, 3.8) is 0 Å². The third-order valence-electron chi connectivity index (χ3n) is 2.84. The predicted molar refractivity (Wildman–Crippen MR) is 54.8 cm³/mol. The number of methoxy groups -OCH3 is 1. The quantitative estimate of drug-likeness (QED) is 0.662. The minimum absolute atomic E-state index is 0.316. The molecule has 0 aromatic heterocycles. The topological polar surface area (TPSA) is 55.6 Å². The zero-order valence-electron chi connectivity index (χ0n) is 9.03. The largest absolute Gasteiger partial charge is 0.468 e. The van der Waals surface area contributed by atoms with Crippen molar-refractivity contribution >= 4 is 5.97 Å². The number of piperidine rings is 1. The smallest absolute Gasteiger partial charge is 0.323 e. The van der Waals surface area contributed by atoms with E-state index in [2.05, 4.69) is 16.6 Å². The summed E-state index contributed by atoms with van der Waals surface area (Å²) in [5.41, 5.74) is 5.68. The molecule has 1 atom stereocenters. The summed E-state index contributed by atoms with van der Waals surface area (Å²) in [6.07, 6.45) is 2.40. The van der Waals surface area contributed by atoms with Crippen molar-refractivity contribution in [1.29, 1.82) is 0 Å². The molecule has 0 saturated carbocycles. The Labute approximate surface area is 85.4 Å². The van der Waals surface area contributed by atoms with Crippen molar-refractivity contribution in [1.82, 2.24) is 4.90 Å². The summed E-state index contributed by atoms with van der Waals surface area (Å²) in [6, 6.07) is -0.492. The standard InChI is InChI=1S/C10H20N2O2/c1-8-3-5-12(6-4-8)7-9(11)10(13)14-2/h8-9H,3-7,11H2,1-2H3. The van der Waals surface area contributed by atoms with Gasteiger partial charge in [0.2, 0.25) is 0 Å². The van der Waals surface area contributed by atoms with Crippen LogP contribution in [0.15, 0.2) is 0 Å². The van der Waals surface area contributed by atoms with Crippen molar-refractivity contribution in [2.24, 2.45) is 11.7 Å². The van der Waals surface area contributed by atoms with E-state index in [9.17, 15) is 4.79 Å². The van der Waals surface area contributed by atoms with E-state index in [0.717, 1.165) is 19.0 Å². The average molecular weight is 200 g/mol. The Kier molecular flexibility index (Phi) is 4.35. The van der Waals surface area contributed by atoms with Crippen LogP contribution in [-0.4, -0.2) is 43.7 Å². The minimum Gasteiger partial charge on any atom is -0.468 e. The van der Waals surface area contributed by atoms with Crippen LogP contribution >= 0.6 is 0 Å². The molecule has 1 saturated heterocycles. The van der Waals surface area contributed by atoms with Gasteiger partial charge < -0.3 is 15.4 Å². The van der Waals surface area contributed by atoms with Gasteiger partial charge in [-0.1, -0.05) is 6.92 Å². The first-order chi connectivity index (χ1) is 6.63. The average Bonchev–Trinajstić information content (AvgIpc) is 2.20. The Morgan fingerprint density at radius 3 is 2.64 bits per heavy atom. The van der Waals surface area contributed by atoms with Crippen LogP contribution in [-0.2, 0) is 9.53 Å². The van der Waals surface area contributed by atoms with Crippen molar-refractivity contribution in [2.45, 2.75) is 25.8 Å². The fraction of sp³-hybridized carbons (Fsp3) is 0.900. The van der Waals surface area contributed by atoms with Crippen LogP contribution in [0.2, 0.25) is 0 Å². The molecule has 1 unspecified atom stereocenters. The molecule has 1 fully saturated rings. The maximum absolute atomic E-state index is 11.1. The lowest BCUT2D eigenvalue weighted by Crippen LogP contribution is -2.45. The zero-order valence-corrected chi connectivity index (χ0v) is 9.03. The van der Waals surface area contributed by atoms with Gasteiger partial charge in [0, 0.05) is 6.54 Å². The second-order valence-corrected chi connectivity index (χ2v) is 4.11. The molecule has 1 aliphatic heterocycles. The van der Waals surface area contributed by atoms with E-state index in [1.807, 2.05) is 0 Å². The third-order valence-corrected chi connectivity index (χ3v) is 2.84. The highest BCUT2D eigenvalue weighted by Crippen LogP contribution is 2.15. The lowest BCUT2D eigenvalue weighted by atomic mass is 9.99. The maximum Gasteiger partial charge on any atom is 0.323 e. The Bertz CT molecular complexity index is 189. The molecular formula is C10H20N2O2. The summed E-state index contributed by atoms with van der Waals surface area (Å²) in [5.74, 6) is 0.490. The highest BCUT2D eigenvalue weighted by Gasteiger charge is 2.21. The van der Waals surface area contributed by atoms with Crippen molar-refractivity contribution in [2.75, 3.05) is 26.7 Å². The SMILES string of the molecule is COC(=O)C(N)CN1CCC(C)CC1. The summed E-state index contributed by atoms with van der Waals surface area (Å²) in [7, 11) is 1.38. The van der Waals surface area contributed by atoms with E-state index in [0.29, 0.717) is 6.54 Å². The fourth-order valence-corrected chi connectivity index (χ4v) is 1.75. The molecule has 0 amide bonds. The first-order valence-corrected chi connectivity index (χ1v) is 5.19. The number of rotatable bonds is 3. The van der Waals surface area contributed by atoms with E-state index in [4.69, 9.17) is 5.73 Å². The molecule has 1 aliphatic rings. The summed E-state index contributed by atoms with van der Waals surface area (Å²) >= 11 is 0. The highest BCUT2D eigenvalue weighted by atomic mass is 16.5. The second kappa shape index (κ2) is 5.32. The number of likely N-dealkylation sites (tertiary alicyclic amines) is 1. The van der Waals surface area contributed by atoms with E-state index in [1.54, 1.807) is 0 Å². The molecule has 0 bridgehead atoms. The number of hydrogen-bond acceptors (Lipinski definition) is 4. The predicted octanol–water partition coefficient (Wildman–Crippen LogP) is 0.219. The van der Waals surface area contributed by atoms with Gasteiger partial charge in [-0.15, -0.1) is 0 Å². The van der Waals surface area contributed by atoms with Gasteiger partial charge in [0.25, 0.3) is 0 Å². The fourth-order valence-electron chi connectivity index (χ4n) is 1.75. The monoisotopic (exact) mass is 200 g/mol. The highest BCUT2D eigenvalue weighted by molar-refractivity contribution is 5.75. The second-order valence-electron chi connectivity index (χ2n) is 4.11. The van der Waals surface area contributed by atoms with Crippen molar-refractivity contribution < 1.29 is 9.53 Å². The molecule has 0 spiro atoms. The molecule has 0 aliphatic carbocycles. The minimum atomic E-state index is -0.492. The van der Waals surface area contributed by atoms with Gasteiger partial charge in [0.05, 0.1) is 7.11 Å². The van der Waals surface area contributed by atoms with Gasteiger partial charge >= 0.3 is 5.97 Å². The molecule has 14 heavy (non-hydrogen) atoms. The maximum atomic E-state index is 11.1. The zero-order chi connectivity index (χ0) is 10.6. The molecule has 2 N–H and O–H groups in total. The lowest BCUT2D eigenvalue weighted by molar-refractivity contribution is -0.142. The first-order valence-electron chi connectivity index (χ1n) is 5.19. The Morgan fingerprint density at radius 1 is 1.57 bits per heavy atom. The molecule has 0 aromatic rings. The van der Waals surface area contributed by atoms with Crippen LogP contribution < -0.4 is 5.73 Å². The molecule has 4 nitrogen and oxygen atoms in total.